The molecule has 0 bridgehead atoms. The van der Waals surface area contributed by atoms with Crippen LogP contribution in [0.5, 0.6) is 0 Å². The third kappa shape index (κ3) is 4.50. The van der Waals surface area contributed by atoms with Gasteiger partial charge in [-0.25, -0.2) is 9.97 Å². The molecule has 0 spiro atoms. The second-order valence-corrected chi connectivity index (χ2v) is 5.09. The highest BCUT2D eigenvalue weighted by Gasteiger charge is 2.12. The molecule has 0 atom stereocenters. The Morgan fingerprint density at radius 3 is 2.74 bits per heavy atom. The summed E-state index contributed by atoms with van der Waals surface area (Å²) in [5.74, 6) is 0.464. The summed E-state index contributed by atoms with van der Waals surface area (Å²) in [6.45, 7) is 5.78. The third-order valence-electron chi connectivity index (χ3n) is 3.37. The highest BCUT2D eigenvalue weighted by Crippen LogP contribution is 2.23. The fourth-order valence-electron chi connectivity index (χ4n) is 2.21. The number of benzene rings is 1. The number of aryl methyl sites for hydroxylation is 1. The zero-order valence-corrected chi connectivity index (χ0v) is 13.7. The second kappa shape index (κ2) is 8.24. The number of rotatable bonds is 7. The molecule has 0 saturated heterocycles. The fourth-order valence-corrected chi connectivity index (χ4v) is 2.21. The van der Waals surface area contributed by atoms with Crippen molar-refractivity contribution in [2.45, 2.75) is 13.8 Å². The Morgan fingerprint density at radius 1 is 1.30 bits per heavy atom. The Labute approximate surface area is 136 Å². The number of methoxy groups -OCH3 is 1. The third-order valence-corrected chi connectivity index (χ3v) is 3.37. The first-order valence-electron chi connectivity index (χ1n) is 7.59. The Hall–Kier alpha value is -2.47. The smallest absolute Gasteiger partial charge is 0.271 e. The number of anilines is 2. The first-order valence-corrected chi connectivity index (χ1v) is 7.59. The second-order valence-electron chi connectivity index (χ2n) is 5.09. The van der Waals surface area contributed by atoms with Crippen molar-refractivity contribution in [3.8, 4) is 0 Å². The number of hydrogen-bond donors (Lipinski definition) is 1. The van der Waals surface area contributed by atoms with Crippen molar-refractivity contribution < 1.29 is 9.53 Å². The molecule has 1 amide bonds. The van der Waals surface area contributed by atoms with E-state index in [4.69, 9.17) is 4.74 Å². The van der Waals surface area contributed by atoms with Crippen LogP contribution in [-0.2, 0) is 4.74 Å². The topological polar surface area (TPSA) is 67.4 Å². The molecular weight excluding hydrogens is 292 g/mol. The molecule has 1 heterocycles. The molecule has 0 aliphatic carbocycles. The average molecular weight is 314 g/mol. The molecule has 23 heavy (non-hydrogen) atoms. The number of hydrogen-bond acceptors (Lipinski definition) is 5. The largest absolute Gasteiger partial charge is 0.383 e. The normalized spacial score (nSPS) is 10.4. The van der Waals surface area contributed by atoms with Crippen LogP contribution in [0.1, 0.15) is 23.0 Å². The number of aromatic nitrogens is 2. The summed E-state index contributed by atoms with van der Waals surface area (Å²) in [7, 11) is 1.59. The van der Waals surface area contributed by atoms with Crippen molar-refractivity contribution in [2.24, 2.45) is 0 Å². The molecule has 0 saturated carbocycles. The summed E-state index contributed by atoms with van der Waals surface area (Å²) >= 11 is 0. The molecule has 1 aromatic heterocycles. The number of carbonyl (C=O) groups is 1. The molecule has 122 valence electrons. The molecule has 2 aromatic rings. The van der Waals surface area contributed by atoms with Gasteiger partial charge in [-0.15, -0.1) is 0 Å². The first-order chi connectivity index (χ1) is 11.2. The maximum absolute atomic E-state index is 11.9. The van der Waals surface area contributed by atoms with Gasteiger partial charge in [-0.1, -0.05) is 12.1 Å². The molecule has 0 aliphatic rings. The van der Waals surface area contributed by atoms with Crippen molar-refractivity contribution >= 4 is 17.4 Å². The number of carbonyl (C=O) groups excluding carboxylic acids is 1. The van der Waals surface area contributed by atoms with Crippen molar-refractivity contribution in [1.29, 1.82) is 0 Å². The molecule has 6 nitrogen and oxygen atoms in total. The van der Waals surface area contributed by atoms with E-state index in [1.807, 2.05) is 17.0 Å². The van der Waals surface area contributed by atoms with Gasteiger partial charge in [0.25, 0.3) is 5.91 Å². The van der Waals surface area contributed by atoms with Gasteiger partial charge in [0.2, 0.25) is 0 Å². The van der Waals surface area contributed by atoms with Gasteiger partial charge in [0, 0.05) is 25.9 Å². The van der Waals surface area contributed by atoms with Crippen LogP contribution >= 0.6 is 0 Å². The van der Waals surface area contributed by atoms with E-state index in [1.54, 1.807) is 13.3 Å². The molecule has 0 aliphatic heterocycles. The van der Waals surface area contributed by atoms with Crippen LogP contribution in [-0.4, -0.2) is 42.7 Å². The lowest BCUT2D eigenvalue weighted by Gasteiger charge is -2.22. The molecule has 1 N–H and O–H groups in total. The predicted molar refractivity (Wildman–Crippen MR) is 90.1 cm³/mol. The van der Waals surface area contributed by atoms with Crippen LogP contribution in [0.2, 0.25) is 0 Å². The molecular formula is C17H22N4O2. The van der Waals surface area contributed by atoms with Crippen molar-refractivity contribution in [2.75, 3.05) is 31.7 Å². The summed E-state index contributed by atoms with van der Waals surface area (Å²) < 4.78 is 4.89. The Bertz CT molecular complexity index is 643. The van der Waals surface area contributed by atoms with Gasteiger partial charge in [0.05, 0.1) is 19.0 Å². The van der Waals surface area contributed by atoms with Gasteiger partial charge >= 0.3 is 0 Å². The summed E-state index contributed by atoms with van der Waals surface area (Å²) in [5, 5.41) is 2.72. The van der Waals surface area contributed by atoms with E-state index < -0.39 is 0 Å². The van der Waals surface area contributed by atoms with Crippen LogP contribution in [0.3, 0.4) is 0 Å². The van der Waals surface area contributed by atoms with E-state index in [0.717, 1.165) is 12.2 Å². The lowest BCUT2D eigenvalue weighted by molar-refractivity contribution is 0.0932. The zero-order chi connectivity index (χ0) is 16.7. The summed E-state index contributed by atoms with van der Waals surface area (Å²) in [4.78, 5) is 22.5. The molecule has 2 rings (SSSR count). The summed E-state index contributed by atoms with van der Waals surface area (Å²) in [6, 6.07) is 8.19. The standard InChI is InChI=1S/C17H22N4O2/c1-4-21(14-7-5-6-13(2)10-14)16-12-19-15(11-20-16)17(22)18-8-9-23-3/h5-7,10-12H,4,8-9H2,1-3H3,(H,18,22). The maximum atomic E-state index is 11.9. The Balaban J connectivity index is 2.12. The summed E-state index contributed by atoms with van der Waals surface area (Å²) in [6.07, 6.45) is 3.12. The van der Waals surface area contributed by atoms with E-state index in [-0.39, 0.29) is 5.91 Å². The number of nitrogens with zero attached hydrogens (tertiary/aromatic N) is 3. The monoisotopic (exact) mass is 314 g/mol. The van der Waals surface area contributed by atoms with Gasteiger partial charge in [0.1, 0.15) is 5.69 Å². The SMILES string of the molecule is CCN(c1cccc(C)c1)c1cnc(C(=O)NCCOC)cn1. The Kier molecular flexibility index (Phi) is 6.05. The van der Waals surface area contributed by atoms with Crippen LogP contribution < -0.4 is 10.2 Å². The fraction of sp³-hybridized carbons (Fsp3) is 0.353. The number of nitrogens with one attached hydrogen (secondary N) is 1. The molecule has 6 heteroatoms. The first kappa shape index (κ1) is 16.9. The lowest BCUT2D eigenvalue weighted by atomic mass is 10.2. The van der Waals surface area contributed by atoms with E-state index >= 15 is 0 Å². The minimum absolute atomic E-state index is 0.250. The van der Waals surface area contributed by atoms with Gasteiger partial charge in [-0.05, 0) is 31.5 Å². The van der Waals surface area contributed by atoms with Crippen molar-refractivity contribution in [3.05, 3.63) is 47.9 Å². The Morgan fingerprint density at radius 2 is 2.13 bits per heavy atom. The molecule has 0 radical (unpaired) electrons. The number of ether oxygens (including phenoxy) is 1. The lowest BCUT2D eigenvalue weighted by Crippen LogP contribution is -2.28. The minimum Gasteiger partial charge on any atom is -0.383 e. The predicted octanol–water partition coefficient (Wildman–Crippen LogP) is 2.32. The van der Waals surface area contributed by atoms with Gasteiger partial charge in [0.15, 0.2) is 5.82 Å². The van der Waals surface area contributed by atoms with Gasteiger partial charge < -0.3 is 15.0 Å². The highest BCUT2D eigenvalue weighted by molar-refractivity contribution is 5.92. The van der Waals surface area contributed by atoms with Gasteiger partial charge in [-0.3, -0.25) is 4.79 Å². The van der Waals surface area contributed by atoms with Crippen LogP contribution in [0.25, 0.3) is 0 Å². The van der Waals surface area contributed by atoms with Crippen LogP contribution in [0, 0.1) is 6.92 Å². The maximum Gasteiger partial charge on any atom is 0.271 e. The molecule has 1 aromatic carbocycles. The van der Waals surface area contributed by atoms with Crippen LogP contribution in [0.4, 0.5) is 11.5 Å². The average Bonchev–Trinajstić information content (AvgIpc) is 2.56. The van der Waals surface area contributed by atoms with Gasteiger partial charge in [-0.2, -0.15) is 0 Å². The van der Waals surface area contributed by atoms with Crippen molar-refractivity contribution in [1.82, 2.24) is 15.3 Å². The minimum atomic E-state index is -0.250. The van der Waals surface area contributed by atoms with Crippen LogP contribution in [0.15, 0.2) is 36.7 Å². The zero-order valence-electron chi connectivity index (χ0n) is 13.7. The number of amides is 1. The quantitative estimate of drug-likeness (QED) is 0.794. The van der Waals surface area contributed by atoms with Crippen molar-refractivity contribution in [3.63, 3.8) is 0 Å². The molecule has 0 unspecified atom stereocenters. The van der Waals surface area contributed by atoms with E-state index in [0.29, 0.717) is 24.7 Å². The summed E-state index contributed by atoms with van der Waals surface area (Å²) in [5.41, 5.74) is 2.53. The van der Waals surface area contributed by atoms with E-state index in [9.17, 15) is 4.79 Å². The van der Waals surface area contributed by atoms with E-state index in [1.165, 1.54) is 11.8 Å². The highest BCUT2D eigenvalue weighted by atomic mass is 16.5. The molecule has 0 fully saturated rings. The van der Waals surface area contributed by atoms with E-state index in [2.05, 4.69) is 41.3 Å².